The van der Waals surface area contributed by atoms with Crippen LogP contribution in [-0.2, 0) is 19.7 Å². The van der Waals surface area contributed by atoms with Gasteiger partial charge in [-0.05, 0) is 102 Å². The number of rotatable bonds is 7. The van der Waals surface area contributed by atoms with Crippen LogP contribution in [-0.4, -0.2) is 44.5 Å². The first-order chi connectivity index (χ1) is 17.1. The summed E-state index contributed by atoms with van der Waals surface area (Å²) in [6.07, 6.45) is 8.84. The standard InChI is InChI=1S/C31H45NO4/c1-21-7-6-12-30(4)18-27-24(17-26(21)30)25(28(33)36-27)19-32-15-13-31(14-16-35-29(2,3)20-31)22-8-10-23(34-5)11-9-22/h8-11,24-25,27,32H,6-7,12-20H2,1-5H3/t24-,25-,27-,30-,31+/m1/s1. The maximum Gasteiger partial charge on any atom is 0.310 e. The molecule has 2 aliphatic heterocycles. The average Bonchev–Trinajstić information content (AvgIpc) is 3.13. The van der Waals surface area contributed by atoms with Gasteiger partial charge in [0.2, 0.25) is 0 Å². The molecule has 3 fully saturated rings. The average molecular weight is 496 g/mol. The normalized spacial score (nSPS) is 35.7. The van der Waals surface area contributed by atoms with Crippen molar-refractivity contribution in [3.63, 3.8) is 0 Å². The molecule has 2 saturated heterocycles. The lowest BCUT2D eigenvalue weighted by Gasteiger charge is -2.46. The lowest BCUT2D eigenvalue weighted by Crippen LogP contribution is -2.46. The number of methoxy groups -OCH3 is 1. The van der Waals surface area contributed by atoms with Gasteiger partial charge in [-0.25, -0.2) is 0 Å². The third-order valence-corrected chi connectivity index (χ3v) is 9.86. The third-order valence-electron chi connectivity index (χ3n) is 9.86. The fraction of sp³-hybridized carbons (Fsp3) is 0.710. The van der Waals surface area contributed by atoms with Gasteiger partial charge in [-0.2, -0.15) is 0 Å². The molecular formula is C31H45NO4. The molecule has 0 spiro atoms. The van der Waals surface area contributed by atoms with Crippen molar-refractivity contribution in [1.29, 1.82) is 0 Å². The fourth-order valence-electron chi connectivity index (χ4n) is 7.96. The van der Waals surface area contributed by atoms with E-state index < -0.39 is 0 Å². The van der Waals surface area contributed by atoms with E-state index in [9.17, 15) is 4.79 Å². The van der Waals surface area contributed by atoms with Gasteiger partial charge in [-0.3, -0.25) is 4.79 Å². The molecule has 0 aromatic heterocycles. The molecule has 0 bridgehead atoms. The lowest BCUT2D eigenvalue weighted by molar-refractivity contribution is -0.145. The number of hydrogen-bond donors (Lipinski definition) is 1. The second-order valence-electron chi connectivity index (χ2n) is 12.8. The van der Waals surface area contributed by atoms with E-state index in [1.807, 2.05) is 0 Å². The number of hydrogen-bond acceptors (Lipinski definition) is 5. The number of ether oxygens (including phenoxy) is 3. The molecule has 5 heteroatoms. The lowest BCUT2D eigenvalue weighted by atomic mass is 9.59. The molecule has 36 heavy (non-hydrogen) atoms. The van der Waals surface area contributed by atoms with Crippen molar-refractivity contribution in [2.24, 2.45) is 17.3 Å². The van der Waals surface area contributed by atoms with Gasteiger partial charge in [0.15, 0.2) is 0 Å². The predicted octanol–water partition coefficient (Wildman–Crippen LogP) is 5.96. The minimum Gasteiger partial charge on any atom is -0.497 e. The second kappa shape index (κ2) is 9.79. The maximum atomic E-state index is 13.0. The monoisotopic (exact) mass is 495 g/mol. The number of allylic oxidation sites excluding steroid dienone is 2. The molecule has 2 aliphatic carbocycles. The first-order valence-corrected chi connectivity index (χ1v) is 14.0. The summed E-state index contributed by atoms with van der Waals surface area (Å²) in [7, 11) is 1.71. The van der Waals surface area contributed by atoms with Crippen LogP contribution >= 0.6 is 0 Å². The molecule has 1 aromatic carbocycles. The predicted molar refractivity (Wildman–Crippen MR) is 142 cm³/mol. The number of carbonyl (C=O) groups is 1. The Bertz CT molecular complexity index is 998. The van der Waals surface area contributed by atoms with E-state index in [1.165, 1.54) is 24.8 Å². The highest BCUT2D eigenvalue weighted by Crippen LogP contribution is 2.55. The smallest absolute Gasteiger partial charge is 0.310 e. The van der Waals surface area contributed by atoms with Crippen LogP contribution in [0.3, 0.4) is 0 Å². The van der Waals surface area contributed by atoms with E-state index in [0.717, 1.165) is 51.0 Å². The molecule has 1 saturated carbocycles. The number of carbonyl (C=O) groups excluding carboxylic acids is 1. The first kappa shape index (κ1) is 25.8. The Morgan fingerprint density at radius 3 is 2.64 bits per heavy atom. The molecule has 0 unspecified atom stereocenters. The molecule has 198 valence electrons. The van der Waals surface area contributed by atoms with E-state index >= 15 is 0 Å². The van der Waals surface area contributed by atoms with Crippen molar-refractivity contribution in [3.05, 3.63) is 41.0 Å². The molecule has 1 aromatic rings. The van der Waals surface area contributed by atoms with Crippen LogP contribution in [0.1, 0.15) is 84.6 Å². The minimum atomic E-state index is -0.152. The molecule has 5 atom stereocenters. The van der Waals surface area contributed by atoms with Crippen molar-refractivity contribution < 1.29 is 19.0 Å². The van der Waals surface area contributed by atoms with Crippen LogP contribution in [0.5, 0.6) is 5.75 Å². The van der Waals surface area contributed by atoms with Crippen molar-refractivity contribution in [3.8, 4) is 5.75 Å². The summed E-state index contributed by atoms with van der Waals surface area (Å²) in [5.41, 5.74) is 4.68. The Kier molecular flexibility index (Phi) is 7.01. The number of nitrogens with one attached hydrogen (secondary N) is 1. The van der Waals surface area contributed by atoms with Gasteiger partial charge in [0, 0.05) is 24.5 Å². The van der Waals surface area contributed by atoms with Crippen molar-refractivity contribution in [1.82, 2.24) is 5.32 Å². The van der Waals surface area contributed by atoms with Gasteiger partial charge in [-0.15, -0.1) is 0 Å². The zero-order chi connectivity index (χ0) is 25.6. The fourth-order valence-corrected chi connectivity index (χ4v) is 7.96. The number of esters is 1. The van der Waals surface area contributed by atoms with Gasteiger partial charge >= 0.3 is 5.97 Å². The summed E-state index contributed by atoms with van der Waals surface area (Å²) < 4.78 is 17.5. The summed E-state index contributed by atoms with van der Waals surface area (Å²) in [5.74, 6) is 1.18. The van der Waals surface area contributed by atoms with Crippen molar-refractivity contribution in [2.75, 3.05) is 26.8 Å². The topological polar surface area (TPSA) is 56.8 Å². The zero-order valence-electron chi connectivity index (χ0n) is 23.0. The highest BCUT2D eigenvalue weighted by Gasteiger charge is 2.52. The summed E-state index contributed by atoms with van der Waals surface area (Å²) in [4.78, 5) is 13.0. The van der Waals surface area contributed by atoms with Crippen molar-refractivity contribution in [2.45, 2.75) is 96.2 Å². The van der Waals surface area contributed by atoms with Gasteiger partial charge in [-0.1, -0.05) is 30.2 Å². The van der Waals surface area contributed by atoms with Crippen LogP contribution in [0.4, 0.5) is 0 Å². The molecule has 5 nitrogen and oxygen atoms in total. The SMILES string of the molecule is COc1ccc([C@@]2(CCNC[C@H]3C(=O)O[C@@H]4C[C@@]5(C)CCCC(C)=C5C[C@@H]43)CCOC(C)(C)C2)cc1. The van der Waals surface area contributed by atoms with Crippen LogP contribution < -0.4 is 10.1 Å². The molecular weight excluding hydrogens is 450 g/mol. The Hall–Kier alpha value is -1.85. The van der Waals surface area contributed by atoms with E-state index in [2.05, 4.69) is 57.3 Å². The van der Waals surface area contributed by atoms with Crippen LogP contribution in [0.2, 0.25) is 0 Å². The van der Waals surface area contributed by atoms with Gasteiger partial charge in [0.25, 0.3) is 0 Å². The summed E-state index contributed by atoms with van der Waals surface area (Å²) in [6, 6.07) is 8.58. The van der Waals surface area contributed by atoms with Gasteiger partial charge < -0.3 is 19.5 Å². The van der Waals surface area contributed by atoms with Crippen molar-refractivity contribution >= 4 is 5.97 Å². The molecule has 1 N–H and O–H groups in total. The quantitative estimate of drug-likeness (QED) is 0.287. The van der Waals surface area contributed by atoms with E-state index in [1.54, 1.807) is 18.3 Å². The van der Waals surface area contributed by atoms with Gasteiger partial charge in [0.05, 0.1) is 18.6 Å². The molecule has 0 radical (unpaired) electrons. The number of fused-ring (bicyclic) bond motifs is 2. The Morgan fingerprint density at radius 2 is 1.92 bits per heavy atom. The van der Waals surface area contributed by atoms with E-state index in [-0.39, 0.29) is 34.4 Å². The summed E-state index contributed by atoms with van der Waals surface area (Å²) >= 11 is 0. The highest BCUT2D eigenvalue weighted by molar-refractivity contribution is 5.76. The molecule has 2 heterocycles. The van der Waals surface area contributed by atoms with E-state index in [4.69, 9.17) is 14.2 Å². The van der Waals surface area contributed by atoms with Gasteiger partial charge in [0.1, 0.15) is 11.9 Å². The van der Waals surface area contributed by atoms with Crippen LogP contribution in [0, 0.1) is 17.3 Å². The second-order valence-corrected chi connectivity index (χ2v) is 12.8. The molecule has 0 amide bonds. The Labute approximate surface area is 217 Å². The zero-order valence-corrected chi connectivity index (χ0v) is 23.0. The molecule has 5 rings (SSSR count). The summed E-state index contributed by atoms with van der Waals surface area (Å²) in [5, 5.41) is 3.69. The van der Waals surface area contributed by atoms with E-state index in [0.29, 0.717) is 12.5 Å². The molecule has 4 aliphatic rings. The van der Waals surface area contributed by atoms with Crippen LogP contribution in [0.25, 0.3) is 0 Å². The largest absolute Gasteiger partial charge is 0.497 e. The number of benzene rings is 1. The Morgan fingerprint density at radius 1 is 1.14 bits per heavy atom. The summed E-state index contributed by atoms with van der Waals surface area (Å²) in [6.45, 7) is 11.5. The van der Waals surface area contributed by atoms with Crippen LogP contribution in [0.15, 0.2) is 35.4 Å². The minimum absolute atomic E-state index is 0.00932. The Balaban J connectivity index is 1.25. The highest BCUT2D eigenvalue weighted by atomic mass is 16.6. The first-order valence-electron chi connectivity index (χ1n) is 14.0. The maximum absolute atomic E-state index is 13.0. The third kappa shape index (κ3) is 4.86.